The van der Waals surface area contributed by atoms with Crippen LogP contribution in [0.1, 0.15) is 11.1 Å². The van der Waals surface area contributed by atoms with Gasteiger partial charge in [0.05, 0.1) is 10.6 Å². The van der Waals surface area contributed by atoms with Gasteiger partial charge in [0, 0.05) is 12.8 Å². The number of hydrogen-bond acceptors (Lipinski definition) is 3. The van der Waals surface area contributed by atoms with Gasteiger partial charge in [-0.15, -0.1) is 0 Å². The Morgan fingerprint density at radius 3 is 2.00 bits per heavy atom. The first-order chi connectivity index (χ1) is 12.5. The van der Waals surface area contributed by atoms with Crippen molar-refractivity contribution in [1.29, 1.82) is 0 Å². The van der Waals surface area contributed by atoms with Crippen LogP contribution in [0.25, 0.3) is 0 Å². The molecule has 0 fully saturated rings. The SMILES string of the molecule is O=C(Cc1ccccc1)Cc1ccccc1NS(=O)(=O)c1ccccc1. The Bertz CT molecular complexity index is 984. The number of Topliss-reactive ketones (excluding diaryl/α,β-unsaturated/α-hetero) is 1. The summed E-state index contributed by atoms with van der Waals surface area (Å²) in [4.78, 5) is 12.6. The van der Waals surface area contributed by atoms with Crippen LogP contribution < -0.4 is 4.72 Å². The lowest BCUT2D eigenvalue weighted by atomic mass is 10.0. The second kappa shape index (κ2) is 7.97. The highest BCUT2D eigenvalue weighted by Gasteiger charge is 2.16. The molecule has 0 unspecified atom stereocenters. The minimum atomic E-state index is -3.69. The van der Waals surface area contributed by atoms with Crippen LogP contribution in [0, 0.1) is 0 Å². The maximum absolute atomic E-state index is 12.5. The molecule has 1 N–H and O–H groups in total. The standard InChI is InChI=1S/C21H19NO3S/c23-19(15-17-9-3-1-4-10-17)16-18-11-7-8-14-21(18)22-26(24,25)20-12-5-2-6-13-20/h1-14,22H,15-16H2. The quantitative estimate of drug-likeness (QED) is 0.692. The number of anilines is 1. The maximum atomic E-state index is 12.5. The molecule has 0 aromatic heterocycles. The van der Waals surface area contributed by atoms with Crippen LogP contribution in [-0.2, 0) is 27.7 Å². The fraction of sp³-hybridized carbons (Fsp3) is 0.0952. The van der Waals surface area contributed by atoms with Crippen LogP contribution in [0.4, 0.5) is 5.69 Å². The summed E-state index contributed by atoms with van der Waals surface area (Å²) >= 11 is 0. The Kier molecular flexibility index (Phi) is 5.49. The number of carbonyl (C=O) groups is 1. The Labute approximate surface area is 153 Å². The molecule has 0 saturated carbocycles. The van der Waals surface area contributed by atoms with Crippen LogP contribution in [0.5, 0.6) is 0 Å². The number of sulfonamides is 1. The van der Waals surface area contributed by atoms with Gasteiger partial charge in [0.15, 0.2) is 0 Å². The molecule has 0 saturated heterocycles. The third-order valence-corrected chi connectivity index (χ3v) is 5.33. The predicted octanol–water partition coefficient (Wildman–Crippen LogP) is 3.84. The summed E-state index contributed by atoms with van der Waals surface area (Å²) in [6, 6.07) is 24.7. The lowest BCUT2D eigenvalue weighted by Crippen LogP contribution is -2.15. The lowest BCUT2D eigenvalue weighted by molar-refractivity contribution is -0.117. The van der Waals surface area contributed by atoms with E-state index in [1.807, 2.05) is 30.3 Å². The van der Waals surface area contributed by atoms with Crippen LogP contribution in [0.15, 0.2) is 89.8 Å². The molecule has 0 aliphatic rings. The zero-order valence-corrected chi connectivity index (χ0v) is 14.9. The van der Waals surface area contributed by atoms with E-state index in [1.165, 1.54) is 12.1 Å². The highest BCUT2D eigenvalue weighted by Crippen LogP contribution is 2.21. The molecule has 4 nitrogen and oxygen atoms in total. The summed E-state index contributed by atoms with van der Waals surface area (Å²) in [7, 11) is -3.69. The van der Waals surface area contributed by atoms with Crippen molar-refractivity contribution in [1.82, 2.24) is 0 Å². The predicted molar refractivity (Wildman–Crippen MR) is 103 cm³/mol. The normalized spacial score (nSPS) is 11.1. The molecule has 3 rings (SSSR count). The van der Waals surface area contributed by atoms with E-state index < -0.39 is 10.0 Å². The summed E-state index contributed by atoms with van der Waals surface area (Å²) in [5.41, 5.74) is 2.03. The third kappa shape index (κ3) is 4.58. The van der Waals surface area contributed by atoms with Gasteiger partial charge in [0.2, 0.25) is 0 Å². The Hall–Kier alpha value is -2.92. The third-order valence-electron chi connectivity index (χ3n) is 3.95. The number of rotatable bonds is 7. The molecule has 0 aliphatic carbocycles. The molecule has 0 amide bonds. The number of hydrogen-bond donors (Lipinski definition) is 1. The van der Waals surface area contributed by atoms with Gasteiger partial charge in [0.1, 0.15) is 5.78 Å². The van der Waals surface area contributed by atoms with Crippen molar-refractivity contribution in [2.75, 3.05) is 4.72 Å². The molecular formula is C21H19NO3S. The minimum Gasteiger partial charge on any atom is -0.299 e. The van der Waals surface area contributed by atoms with Crippen LogP contribution >= 0.6 is 0 Å². The first kappa shape index (κ1) is 17.9. The number of benzene rings is 3. The van der Waals surface area contributed by atoms with Crippen molar-refractivity contribution in [3.8, 4) is 0 Å². The second-order valence-electron chi connectivity index (χ2n) is 5.95. The molecule has 5 heteroatoms. The number of ketones is 1. The largest absolute Gasteiger partial charge is 0.299 e. The van der Waals surface area contributed by atoms with Crippen molar-refractivity contribution >= 4 is 21.5 Å². The molecule has 0 bridgehead atoms. The Morgan fingerprint density at radius 2 is 1.31 bits per heavy atom. The highest BCUT2D eigenvalue weighted by atomic mass is 32.2. The maximum Gasteiger partial charge on any atom is 0.261 e. The molecule has 0 spiro atoms. The lowest BCUT2D eigenvalue weighted by Gasteiger charge is -2.12. The van der Waals surface area contributed by atoms with E-state index in [-0.39, 0.29) is 17.1 Å². The van der Waals surface area contributed by atoms with Gasteiger partial charge in [-0.2, -0.15) is 0 Å². The fourth-order valence-corrected chi connectivity index (χ4v) is 3.80. The van der Waals surface area contributed by atoms with Crippen LogP contribution in [0.3, 0.4) is 0 Å². The molecule has 3 aromatic carbocycles. The first-order valence-corrected chi connectivity index (χ1v) is 9.74. The van der Waals surface area contributed by atoms with E-state index in [1.54, 1.807) is 42.5 Å². The molecule has 0 aliphatic heterocycles. The number of nitrogens with one attached hydrogen (secondary N) is 1. The van der Waals surface area contributed by atoms with E-state index >= 15 is 0 Å². The monoisotopic (exact) mass is 365 g/mol. The summed E-state index contributed by atoms with van der Waals surface area (Å²) in [6.45, 7) is 0. The van der Waals surface area contributed by atoms with Crippen molar-refractivity contribution in [2.45, 2.75) is 17.7 Å². The van der Waals surface area contributed by atoms with E-state index in [0.29, 0.717) is 17.7 Å². The average molecular weight is 365 g/mol. The van der Waals surface area contributed by atoms with Gasteiger partial charge in [-0.05, 0) is 29.3 Å². The molecule has 0 atom stereocenters. The van der Waals surface area contributed by atoms with Gasteiger partial charge in [-0.1, -0.05) is 66.7 Å². The molecular weight excluding hydrogens is 346 g/mol. The average Bonchev–Trinajstić information content (AvgIpc) is 2.65. The summed E-state index contributed by atoms with van der Waals surface area (Å²) in [5.74, 6) is 0.0301. The molecule has 3 aromatic rings. The van der Waals surface area contributed by atoms with Crippen LogP contribution in [-0.4, -0.2) is 14.2 Å². The van der Waals surface area contributed by atoms with Crippen LogP contribution in [0.2, 0.25) is 0 Å². The smallest absolute Gasteiger partial charge is 0.261 e. The Morgan fingerprint density at radius 1 is 0.731 bits per heavy atom. The second-order valence-corrected chi connectivity index (χ2v) is 7.64. The molecule has 132 valence electrons. The highest BCUT2D eigenvalue weighted by molar-refractivity contribution is 7.92. The molecule has 0 radical (unpaired) electrons. The van der Waals surface area contributed by atoms with E-state index in [4.69, 9.17) is 0 Å². The zero-order chi connectivity index (χ0) is 18.4. The van der Waals surface area contributed by atoms with Crippen molar-refractivity contribution in [2.24, 2.45) is 0 Å². The van der Waals surface area contributed by atoms with Crippen molar-refractivity contribution in [3.63, 3.8) is 0 Å². The molecule has 26 heavy (non-hydrogen) atoms. The summed E-state index contributed by atoms with van der Waals surface area (Å²) in [6.07, 6.45) is 0.489. The van der Waals surface area contributed by atoms with Gasteiger partial charge in [-0.25, -0.2) is 8.42 Å². The van der Waals surface area contributed by atoms with Gasteiger partial charge < -0.3 is 0 Å². The fourth-order valence-electron chi connectivity index (χ4n) is 2.68. The van der Waals surface area contributed by atoms with Gasteiger partial charge in [-0.3, -0.25) is 9.52 Å². The van der Waals surface area contributed by atoms with Crippen molar-refractivity contribution < 1.29 is 13.2 Å². The summed E-state index contributed by atoms with van der Waals surface area (Å²) < 4.78 is 27.7. The minimum absolute atomic E-state index is 0.0301. The number of carbonyl (C=O) groups excluding carboxylic acids is 1. The zero-order valence-electron chi connectivity index (χ0n) is 14.1. The topological polar surface area (TPSA) is 63.2 Å². The van der Waals surface area contributed by atoms with Gasteiger partial charge >= 0.3 is 0 Å². The number of para-hydroxylation sites is 1. The van der Waals surface area contributed by atoms with E-state index in [2.05, 4.69) is 4.72 Å². The van der Waals surface area contributed by atoms with E-state index in [9.17, 15) is 13.2 Å². The van der Waals surface area contributed by atoms with Crippen molar-refractivity contribution in [3.05, 3.63) is 96.1 Å². The summed E-state index contributed by atoms with van der Waals surface area (Å²) in [5, 5.41) is 0. The van der Waals surface area contributed by atoms with E-state index in [0.717, 1.165) is 5.56 Å². The first-order valence-electron chi connectivity index (χ1n) is 8.26. The molecule has 0 heterocycles. The Balaban J connectivity index is 1.77. The van der Waals surface area contributed by atoms with Gasteiger partial charge in [0.25, 0.3) is 10.0 Å².